The molecule has 1 fully saturated rings. The number of rotatable bonds is 11. The third-order valence-electron chi connectivity index (χ3n) is 5.15. The minimum absolute atomic E-state index is 0.135. The first kappa shape index (κ1) is 34.4. The van der Waals surface area contributed by atoms with Gasteiger partial charge in [-0.2, -0.15) is 0 Å². The summed E-state index contributed by atoms with van der Waals surface area (Å²) in [5.74, 6) is 0.365. The lowest BCUT2D eigenvalue weighted by Gasteiger charge is -2.34. The fraction of sp³-hybridized carbons (Fsp3) is 0.567. The molecule has 0 saturated carbocycles. The maximum Gasteiger partial charge on any atom is 0.318 e. The Morgan fingerprint density at radius 1 is 1.16 bits per heavy atom. The van der Waals surface area contributed by atoms with Crippen LogP contribution in [0.5, 0.6) is 0 Å². The Bertz CT molecular complexity index is 808. The lowest BCUT2D eigenvalue weighted by Crippen LogP contribution is -2.49. The summed E-state index contributed by atoms with van der Waals surface area (Å²) < 4.78 is 18.9. The number of carbonyl (C=O) groups excluding carboxylic acids is 1. The molecule has 2 amide bonds. The van der Waals surface area contributed by atoms with Gasteiger partial charge in [-0.1, -0.05) is 65.0 Å². The van der Waals surface area contributed by atoms with Gasteiger partial charge in [0.2, 0.25) is 0 Å². The zero-order valence-electron chi connectivity index (χ0n) is 24.0. The highest BCUT2D eigenvalue weighted by atomic mass is 19.1. The highest BCUT2D eigenvalue weighted by Crippen LogP contribution is 2.16. The standard InChI is InChI=1S/C26H38FN3O3.2C2H6/c1-4-5-8-24(33-20-26(2,3)32)9-6-7-16-29-25(31)30(23-14-17-28-18-15-23)19-21-10-12-22(27)13-11-21;2*1-2/h5-13,23,28,32H,4,14-20H2,1-3H3,(H,29,31);2*1-2H3/b7-6+,8-5-,24-9+;;. The summed E-state index contributed by atoms with van der Waals surface area (Å²) in [4.78, 5) is 14.8. The number of benzene rings is 1. The van der Waals surface area contributed by atoms with Gasteiger partial charge in [-0.15, -0.1) is 0 Å². The van der Waals surface area contributed by atoms with Crippen LogP contribution in [0.3, 0.4) is 0 Å². The first-order valence-electron chi connectivity index (χ1n) is 13.7. The Morgan fingerprint density at radius 2 is 1.78 bits per heavy atom. The third-order valence-corrected chi connectivity index (χ3v) is 5.15. The predicted molar refractivity (Wildman–Crippen MR) is 153 cm³/mol. The van der Waals surface area contributed by atoms with Crippen molar-refractivity contribution in [1.82, 2.24) is 15.5 Å². The van der Waals surface area contributed by atoms with Crippen LogP contribution >= 0.6 is 0 Å². The number of amides is 2. The van der Waals surface area contributed by atoms with Crippen LogP contribution in [0, 0.1) is 5.82 Å². The van der Waals surface area contributed by atoms with E-state index in [4.69, 9.17) is 4.74 Å². The summed E-state index contributed by atoms with van der Waals surface area (Å²) in [7, 11) is 0. The molecule has 0 unspecified atom stereocenters. The molecule has 0 atom stereocenters. The largest absolute Gasteiger partial charge is 0.491 e. The smallest absolute Gasteiger partial charge is 0.318 e. The Kier molecular flexibility index (Phi) is 19.0. The van der Waals surface area contributed by atoms with Crippen LogP contribution in [0.4, 0.5) is 9.18 Å². The van der Waals surface area contributed by atoms with Crippen molar-refractivity contribution in [2.45, 2.75) is 85.9 Å². The van der Waals surface area contributed by atoms with E-state index in [2.05, 4.69) is 10.6 Å². The molecule has 1 aliphatic rings. The van der Waals surface area contributed by atoms with E-state index in [0.717, 1.165) is 37.9 Å². The molecule has 0 radical (unpaired) electrons. The minimum Gasteiger partial charge on any atom is -0.491 e. The number of halogens is 1. The number of nitrogens with one attached hydrogen (secondary N) is 2. The monoisotopic (exact) mass is 519 g/mol. The molecular formula is C30H50FN3O3. The van der Waals surface area contributed by atoms with Crippen molar-refractivity contribution in [2.75, 3.05) is 26.2 Å². The van der Waals surface area contributed by atoms with Gasteiger partial charge in [-0.05, 0) is 76.0 Å². The van der Waals surface area contributed by atoms with Crippen LogP contribution in [0.1, 0.15) is 73.3 Å². The molecule has 210 valence electrons. The first-order chi connectivity index (χ1) is 17.8. The van der Waals surface area contributed by atoms with Crippen LogP contribution in [-0.4, -0.2) is 53.9 Å². The quantitative estimate of drug-likeness (QED) is 0.236. The van der Waals surface area contributed by atoms with Crippen LogP contribution < -0.4 is 10.6 Å². The fourth-order valence-corrected chi connectivity index (χ4v) is 3.40. The van der Waals surface area contributed by atoms with Crippen LogP contribution in [0.25, 0.3) is 0 Å². The van der Waals surface area contributed by atoms with Crippen molar-refractivity contribution >= 4 is 6.03 Å². The second-order valence-corrected chi connectivity index (χ2v) is 8.83. The number of hydrogen-bond donors (Lipinski definition) is 3. The lowest BCUT2D eigenvalue weighted by molar-refractivity contribution is 0.00580. The summed E-state index contributed by atoms with van der Waals surface area (Å²) in [5, 5.41) is 16.2. The van der Waals surface area contributed by atoms with Crippen LogP contribution in [0.15, 0.2) is 60.4 Å². The van der Waals surface area contributed by atoms with Crippen molar-refractivity contribution in [3.05, 3.63) is 71.8 Å². The highest BCUT2D eigenvalue weighted by Gasteiger charge is 2.25. The highest BCUT2D eigenvalue weighted by molar-refractivity contribution is 5.74. The van der Waals surface area contributed by atoms with E-state index in [1.807, 2.05) is 69.9 Å². The lowest BCUT2D eigenvalue weighted by atomic mass is 10.0. The SMILES string of the molecule is CC.CC.CC\C=C/C(=C\C=C\CNC(=O)N(Cc1ccc(F)cc1)C1CCNCC1)OCC(C)(C)O. The molecule has 1 saturated heterocycles. The molecule has 1 aromatic rings. The molecule has 3 N–H and O–H groups in total. The van der Waals surface area contributed by atoms with E-state index in [1.54, 1.807) is 26.0 Å². The van der Waals surface area contributed by atoms with Gasteiger partial charge in [0.15, 0.2) is 0 Å². The number of aliphatic hydroxyl groups is 1. The molecule has 0 spiro atoms. The zero-order chi connectivity index (χ0) is 28.1. The normalized spacial score (nSPS) is 14.5. The van der Waals surface area contributed by atoms with Crippen LogP contribution in [0.2, 0.25) is 0 Å². The number of nitrogens with zero attached hydrogens (tertiary/aromatic N) is 1. The minimum atomic E-state index is -0.917. The second-order valence-electron chi connectivity index (χ2n) is 8.83. The molecule has 37 heavy (non-hydrogen) atoms. The molecule has 0 aliphatic carbocycles. The van der Waals surface area contributed by atoms with E-state index >= 15 is 0 Å². The van der Waals surface area contributed by atoms with Crippen LogP contribution in [-0.2, 0) is 11.3 Å². The summed E-state index contributed by atoms with van der Waals surface area (Å²) >= 11 is 0. The van der Waals surface area contributed by atoms with E-state index in [9.17, 15) is 14.3 Å². The van der Waals surface area contributed by atoms with Crippen molar-refractivity contribution in [3.8, 4) is 0 Å². The Balaban J connectivity index is 0.00000308. The fourth-order valence-electron chi connectivity index (χ4n) is 3.40. The molecule has 0 bridgehead atoms. The van der Waals surface area contributed by atoms with Gasteiger partial charge in [-0.25, -0.2) is 9.18 Å². The summed E-state index contributed by atoms with van der Waals surface area (Å²) in [6.45, 7) is 16.2. The Hall–Kier alpha value is -2.64. The second kappa shape index (κ2) is 20.4. The molecule has 0 aromatic heterocycles. The first-order valence-corrected chi connectivity index (χ1v) is 13.7. The summed E-state index contributed by atoms with van der Waals surface area (Å²) in [5.41, 5.74) is -0.0146. The molecule has 1 heterocycles. The van der Waals surface area contributed by atoms with E-state index in [-0.39, 0.29) is 24.5 Å². The van der Waals surface area contributed by atoms with Gasteiger partial charge >= 0.3 is 6.03 Å². The topological polar surface area (TPSA) is 73.8 Å². The number of hydrogen-bond acceptors (Lipinski definition) is 4. The average molecular weight is 520 g/mol. The van der Waals surface area contributed by atoms with Gasteiger partial charge in [0.05, 0.1) is 5.60 Å². The number of urea groups is 1. The van der Waals surface area contributed by atoms with Gasteiger partial charge in [0, 0.05) is 19.1 Å². The van der Waals surface area contributed by atoms with Gasteiger partial charge in [-0.3, -0.25) is 0 Å². The van der Waals surface area contributed by atoms with Crippen molar-refractivity contribution in [2.24, 2.45) is 0 Å². The summed E-state index contributed by atoms with van der Waals surface area (Å²) in [6.07, 6.45) is 12.0. The predicted octanol–water partition coefficient (Wildman–Crippen LogP) is 6.34. The number of carbonyl (C=O) groups is 1. The average Bonchev–Trinajstić information content (AvgIpc) is 2.91. The molecule has 1 aliphatic heterocycles. The molecule has 6 nitrogen and oxygen atoms in total. The van der Waals surface area contributed by atoms with E-state index in [1.165, 1.54) is 12.1 Å². The number of allylic oxidation sites excluding steroid dienone is 4. The van der Waals surface area contributed by atoms with Crippen molar-refractivity contribution < 1.29 is 19.0 Å². The Labute approximate surface area is 224 Å². The van der Waals surface area contributed by atoms with Crippen molar-refractivity contribution in [3.63, 3.8) is 0 Å². The molecule has 2 rings (SSSR count). The maximum atomic E-state index is 13.3. The van der Waals surface area contributed by atoms with Crippen molar-refractivity contribution in [1.29, 1.82) is 0 Å². The Morgan fingerprint density at radius 3 is 2.35 bits per heavy atom. The summed E-state index contributed by atoms with van der Waals surface area (Å²) in [6, 6.07) is 6.30. The van der Waals surface area contributed by atoms with Gasteiger partial charge < -0.3 is 25.4 Å². The molecular weight excluding hydrogens is 469 g/mol. The maximum absolute atomic E-state index is 13.3. The third kappa shape index (κ3) is 15.9. The van der Waals surface area contributed by atoms with E-state index < -0.39 is 5.60 Å². The number of piperidine rings is 1. The van der Waals surface area contributed by atoms with Gasteiger partial charge in [0.1, 0.15) is 18.2 Å². The van der Waals surface area contributed by atoms with Gasteiger partial charge in [0.25, 0.3) is 0 Å². The van der Waals surface area contributed by atoms with E-state index in [0.29, 0.717) is 18.8 Å². The molecule has 7 heteroatoms. The number of ether oxygens (including phenoxy) is 1. The molecule has 1 aromatic carbocycles. The zero-order valence-corrected chi connectivity index (χ0v) is 24.0.